The van der Waals surface area contributed by atoms with Crippen LogP contribution in [0.1, 0.15) is 18.1 Å². The average molecular weight is 430 g/mol. The van der Waals surface area contributed by atoms with Gasteiger partial charge in [-0.1, -0.05) is 84.9 Å². The Balaban J connectivity index is 1.69. The minimum Gasteiger partial charge on any atom is -0.368 e. The Morgan fingerprint density at radius 1 is 0.688 bits per heavy atom. The van der Waals surface area contributed by atoms with Gasteiger partial charge >= 0.3 is 0 Å². The fourth-order valence-electron chi connectivity index (χ4n) is 3.50. The minimum absolute atomic E-state index is 0.258. The molecule has 0 saturated heterocycles. The van der Waals surface area contributed by atoms with Crippen molar-refractivity contribution < 1.29 is 14.4 Å². The van der Waals surface area contributed by atoms with E-state index in [4.69, 9.17) is 5.73 Å². The van der Waals surface area contributed by atoms with Crippen LogP contribution in [0.4, 0.5) is 0 Å². The highest BCUT2D eigenvalue weighted by Crippen LogP contribution is 2.19. The van der Waals surface area contributed by atoms with E-state index < -0.39 is 23.9 Å². The second-order valence-corrected chi connectivity index (χ2v) is 7.67. The highest BCUT2D eigenvalue weighted by atomic mass is 16.2. The van der Waals surface area contributed by atoms with E-state index in [-0.39, 0.29) is 12.3 Å². The summed E-state index contributed by atoms with van der Waals surface area (Å²) in [4.78, 5) is 36.6. The first kappa shape index (κ1) is 22.7. The molecule has 4 N–H and O–H groups in total. The van der Waals surface area contributed by atoms with Crippen LogP contribution >= 0.6 is 0 Å². The molecule has 0 unspecified atom stereocenters. The first-order valence-electron chi connectivity index (χ1n) is 10.5. The third kappa shape index (κ3) is 6.54. The summed E-state index contributed by atoms with van der Waals surface area (Å²) in [5, 5.41) is 5.37. The van der Waals surface area contributed by atoms with Crippen LogP contribution in [0.25, 0.3) is 11.1 Å². The number of nitrogens with two attached hydrogens (primary N) is 1. The van der Waals surface area contributed by atoms with Crippen molar-refractivity contribution in [3.8, 4) is 11.1 Å². The second kappa shape index (κ2) is 10.9. The van der Waals surface area contributed by atoms with Gasteiger partial charge in [-0.05, 0) is 22.3 Å². The summed E-state index contributed by atoms with van der Waals surface area (Å²) >= 11 is 0. The lowest BCUT2D eigenvalue weighted by Gasteiger charge is -2.22. The van der Waals surface area contributed by atoms with Gasteiger partial charge in [-0.25, -0.2) is 0 Å². The maximum Gasteiger partial charge on any atom is 0.243 e. The van der Waals surface area contributed by atoms with Crippen molar-refractivity contribution >= 4 is 17.7 Å². The first-order chi connectivity index (χ1) is 15.4. The van der Waals surface area contributed by atoms with Gasteiger partial charge in [0.05, 0.1) is 0 Å². The van der Waals surface area contributed by atoms with Crippen LogP contribution in [0.2, 0.25) is 0 Å². The maximum atomic E-state index is 12.9. The van der Waals surface area contributed by atoms with Crippen molar-refractivity contribution in [3.05, 3.63) is 96.1 Å². The Hall–Kier alpha value is -3.93. The molecule has 3 aromatic carbocycles. The van der Waals surface area contributed by atoms with E-state index in [1.165, 1.54) is 6.92 Å². The van der Waals surface area contributed by atoms with Gasteiger partial charge in [-0.15, -0.1) is 0 Å². The van der Waals surface area contributed by atoms with Gasteiger partial charge < -0.3 is 16.4 Å². The van der Waals surface area contributed by atoms with Gasteiger partial charge in [0.1, 0.15) is 12.1 Å². The predicted molar refractivity (Wildman–Crippen MR) is 124 cm³/mol. The number of hydrogen-bond acceptors (Lipinski definition) is 3. The minimum atomic E-state index is -0.892. The molecule has 0 aromatic heterocycles. The van der Waals surface area contributed by atoms with E-state index in [2.05, 4.69) is 10.6 Å². The fraction of sp³-hybridized carbons (Fsp3) is 0.192. The van der Waals surface area contributed by atoms with Gasteiger partial charge in [0, 0.05) is 19.8 Å². The molecule has 3 amide bonds. The Morgan fingerprint density at radius 2 is 1.19 bits per heavy atom. The Labute approximate surface area is 187 Å². The molecule has 0 heterocycles. The molecule has 0 aliphatic rings. The number of benzene rings is 3. The largest absolute Gasteiger partial charge is 0.368 e. The summed E-state index contributed by atoms with van der Waals surface area (Å²) < 4.78 is 0. The summed E-state index contributed by atoms with van der Waals surface area (Å²) in [7, 11) is 0. The molecule has 6 heteroatoms. The van der Waals surface area contributed by atoms with Crippen molar-refractivity contribution in [1.29, 1.82) is 0 Å². The van der Waals surface area contributed by atoms with Gasteiger partial charge in [0.15, 0.2) is 0 Å². The van der Waals surface area contributed by atoms with Crippen LogP contribution in [-0.2, 0) is 27.2 Å². The number of rotatable bonds is 9. The van der Waals surface area contributed by atoms with Gasteiger partial charge in [-0.3, -0.25) is 14.4 Å². The number of carbonyl (C=O) groups is 3. The maximum absolute atomic E-state index is 12.9. The zero-order valence-electron chi connectivity index (χ0n) is 18.0. The summed E-state index contributed by atoms with van der Waals surface area (Å²) in [5.41, 5.74) is 9.49. The van der Waals surface area contributed by atoms with Crippen molar-refractivity contribution in [1.82, 2.24) is 10.6 Å². The smallest absolute Gasteiger partial charge is 0.243 e. The molecule has 3 rings (SSSR count). The Morgan fingerprint density at radius 3 is 1.75 bits per heavy atom. The van der Waals surface area contributed by atoms with E-state index in [1.807, 2.05) is 84.9 Å². The van der Waals surface area contributed by atoms with Crippen LogP contribution in [0, 0.1) is 0 Å². The van der Waals surface area contributed by atoms with Crippen LogP contribution in [0.15, 0.2) is 84.9 Å². The monoisotopic (exact) mass is 429 g/mol. The molecule has 6 nitrogen and oxygen atoms in total. The number of nitrogens with one attached hydrogen (secondary N) is 2. The third-order valence-corrected chi connectivity index (χ3v) is 5.14. The van der Waals surface area contributed by atoms with E-state index >= 15 is 0 Å². The average Bonchev–Trinajstić information content (AvgIpc) is 2.79. The zero-order chi connectivity index (χ0) is 22.9. The highest BCUT2D eigenvalue weighted by Gasteiger charge is 2.25. The van der Waals surface area contributed by atoms with Gasteiger partial charge in [-0.2, -0.15) is 0 Å². The van der Waals surface area contributed by atoms with Crippen molar-refractivity contribution in [3.63, 3.8) is 0 Å². The van der Waals surface area contributed by atoms with E-state index in [0.717, 1.165) is 22.3 Å². The zero-order valence-corrected chi connectivity index (χ0v) is 18.0. The summed E-state index contributed by atoms with van der Waals surface area (Å²) in [6.07, 6.45) is 0.567. The van der Waals surface area contributed by atoms with Crippen molar-refractivity contribution in [2.45, 2.75) is 31.8 Å². The van der Waals surface area contributed by atoms with E-state index in [1.54, 1.807) is 0 Å². The fourth-order valence-corrected chi connectivity index (χ4v) is 3.50. The molecule has 0 bridgehead atoms. The lowest BCUT2D eigenvalue weighted by Crippen LogP contribution is -2.54. The highest BCUT2D eigenvalue weighted by molar-refractivity contribution is 5.91. The summed E-state index contributed by atoms with van der Waals surface area (Å²) in [6, 6.07) is 25.4. The Bertz CT molecular complexity index is 1050. The molecule has 164 valence electrons. The molecule has 0 radical (unpaired) electrons. The third-order valence-electron chi connectivity index (χ3n) is 5.14. The summed E-state index contributed by atoms with van der Waals surface area (Å²) in [5.74, 6) is -1.41. The quantitative estimate of drug-likeness (QED) is 0.487. The molecule has 0 aliphatic heterocycles. The second-order valence-electron chi connectivity index (χ2n) is 7.67. The number of carbonyl (C=O) groups excluding carboxylic acids is 3. The lowest BCUT2D eigenvalue weighted by molar-refractivity contribution is -0.130. The van der Waals surface area contributed by atoms with Crippen molar-refractivity contribution in [2.75, 3.05) is 0 Å². The molecule has 0 fully saturated rings. The molecule has 0 saturated carbocycles. The van der Waals surface area contributed by atoms with Crippen molar-refractivity contribution in [2.24, 2.45) is 5.73 Å². The van der Waals surface area contributed by atoms with Gasteiger partial charge in [0.2, 0.25) is 17.7 Å². The summed E-state index contributed by atoms with van der Waals surface area (Å²) in [6.45, 7) is 1.35. The van der Waals surface area contributed by atoms with Crippen LogP contribution in [0.3, 0.4) is 0 Å². The number of amides is 3. The molecular weight excluding hydrogens is 402 g/mol. The standard InChI is InChI=1S/C26H27N3O3/c1-18(30)28-24(17-19-8-4-2-5-9-19)26(32)29-23(25(27)31)16-20-12-14-22(15-13-20)21-10-6-3-7-11-21/h2-15,23-24H,16-17H2,1H3,(H2,27,31)(H,28,30)(H,29,32)/t23-,24-/m1/s1. The molecular formula is C26H27N3O3. The van der Waals surface area contributed by atoms with E-state index in [0.29, 0.717) is 6.42 Å². The number of hydrogen-bond donors (Lipinski definition) is 3. The molecule has 3 aromatic rings. The first-order valence-corrected chi connectivity index (χ1v) is 10.5. The number of primary amides is 1. The van der Waals surface area contributed by atoms with Crippen LogP contribution in [0.5, 0.6) is 0 Å². The predicted octanol–water partition coefficient (Wildman–Crippen LogP) is 2.61. The van der Waals surface area contributed by atoms with Gasteiger partial charge in [0.25, 0.3) is 0 Å². The normalized spacial score (nSPS) is 12.4. The molecule has 2 atom stereocenters. The van der Waals surface area contributed by atoms with Crippen LogP contribution < -0.4 is 16.4 Å². The van der Waals surface area contributed by atoms with Crippen LogP contribution in [-0.4, -0.2) is 29.8 Å². The molecule has 32 heavy (non-hydrogen) atoms. The molecule has 0 spiro atoms. The molecule has 0 aliphatic carbocycles. The lowest BCUT2D eigenvalue weighted by atomic mass is 9.99. The van der Waals surface area contributed by atoms with E-state index in [9.17, 15) is 14.4 Å². The topological polar surface area (TPSA) is 101 Å². The SMILES string of the molecule is CC(=O)N[C@H](Cc1ccccc1)C(=O)N[C@H](Cc1ccc(-c2ccccc2)cc1)C(N)=O. The Kier molecular flexibility index (Phi) is 7.75.